The molecule has 1 aliphatic rings. The Morgan fingerprint density at radius 3 is 2.24 bits per heavy atom. The topological polar surface area (TPSA) is 9.23 Å². The van der Waals surface area contributed by atoms with Crippen LogP contribution in [0.5, 0.6) is 5.75 Å². The van der Waals surface area contributed by atoms with Crippen molar-refractivity contribution in [1.29, 1.82) is 0 Å². The second-order valence-electron chi connectivity index (χ2n) is 6.39. The van der Waals surface area contributed by atoms with Gasteiger partial charge in [-0.25, -0.2) is 8.78 Å². The van der Waals surface area contributed by atoms with Gasteiger partial charge in [0.15, 0.2) is 11.6 Å². The van der Waals surface area contributed by atoms with E-state index in [1.54, 1.807) is 19.1 Å². The van der Waals surface area contributed by atoms with Crippen LogP contribution in [0.1, 0.15) is 45.1 Å². The number of hydrogen-bond donors (Lipinski definition) is 0. The van der Waals surface area contributed by atoms with Gasteiger partial charge in [-0.2, -0.15) is 0 Å². The van der Waals surface area contributed by atoms with Crippen LogP contribution in [-0.2, 0) is 0 Å². The molecule has 0 N–H and O–H groups in total. The number of rotatable bonds is 3. The third-order valence-corrected chi connectivity index (χ3v) is 6.00. The second kappa shape index (κ2) is 7.69. The summed E-state index contributed by atoms with van der Waals surface area (Å²) in [5, 5.41) is 1.53. The first-order valence-electron chi connectivity index (χ1n) is 9.08. The molecule has 0 unspecified atom stereocenters. The highest BCUT2D eigenvalue weighted by molar-refractivity contribution is 7.25. The van der Waals surface area contributed by atoms with Crippen LogP contribution in [0.4, 0.5) is 8.78 Å². The summed E-state index contributed by atoms with van der Waals surface area (Å²) in [5.41, 5.74) is 0.585. The van der Waals surface area contributed by atoms with Crippen LogP contribution in [0, 0.1) is 24.5 Å². The van der Waals surface area contributed by atoms with E-state index in [0.717, 1.165) is 23.6 Å². The van der Waals surface area contributed by atoms with E-state index < -0.39 is 0 Å². The van der Waals surface area contributed by atoms with Crippen LogP contribution in [0.3, 0.4) is 0 Å². The number of aryl methyl sites for hydroxylation is 1. The molecule has 1 fully saturated rings. The number of thiophene rings is 1. The average Bonchev–Trinajstić information content (AvgIpc) is 3.28. The minimum absolute atomic E-state index is 0.253. The van der Waals surface area contributed by atoms with Crippen molar-refractivity contribution in [3.8, 4) is 5.75 Å². The average molecular weight is 362 g/mol. The Hall–Kier alpha value is -1.68. The Kier molecular flexibility index (Phi) is 5.57. The molecule has 1 aliphatic carbocycles. The predicted octanol–water partition coefficient (Wildman–Crippen LogP) is 7.24. The molecule has 1 aromatic heterocycles. The molecule has 134 valence electrons. The van der Waals surface area contributed by atoms with Gasteiger partial charge in [-0.05, 0) is 43.4 Å². The SMILES string of the molecule is CC.Cc1ccc2c(sc3c(F)c(OCC4CCCC4)ccc32)c1F. The molecule has 3 aromatic rings. The van der Waals surface area contributed by atoms with Gasteiger partial charge in [0.2, 0.25) is 0 Å². The van der Waals surface area contributed by atoms with Crippen molar-refractivity contribution < 1.29 is 13.5 Å². The number of halogens is 2. The molecule has 1 saturated carbocycles. The summed E-state index contributed by atoms with van der Waals surface area (Å²) >= 11 is 1.17. The minimum atomic E-state index is -0.362. The van der Waals surface area contributed by atoms with Gasteiger partial charge in [-0.3, -0.25) is 0 Å². The summed E-state index contributed by atoms with van der Waals surface area (Å²) in [6.07, 6.45) is 4.81. The van der Waals surface area contributed by atoms with Gasteiger partial charge in [-0.15, -0.1) is 11.3 Å². The van der Waals surface area contributed by atoms with E-state index in [1.807, 2.05) is 26.0 Å². The molecule has 0 aliphatic heterocycles. The van der Waals surface area contributed by atoms with E-state index in [-0.39, 0.29) is 17.4 Å². The fraction of sp³-hybridized carbons (Fsp3) is 0.429. The van der Waals surface area contributed by atoms with Crippen molar-refractivity contribution in [2.24, 2.45) is 5.92 Å². The summed E-state index contributed by atoms with van der Waals surface area (Å²) in [6, 6.07) is 7.13. The fourth-order valence-electron chi connectivity index (χ4n) is 3.41. The zero-order valence-corrected chi connectivity index (χ0v) is 15.8. The van der Waals surface area contributed by atoms with Crippen LogP contribution >= 0.6 is 11.3 Å². The van der Waals surface area contributed by atoms with Gasteiger partial charge in [0, 0.05) is 10.8 Å². The highest BCUT2D eigenvalue weighted by Crippen LogP contribution is 2.40. The first-order chi connectivity index (χ1) is 12.1. The third kappa shape index (κ3) is 3.37. The third-order valence-electron chi connectivity index (χ3n) is 4.80. The summed E-state index contributed by atoms with van der Waals surface area (Å²) in [5.74, 6) is 0.205. The maximum Gasteiger partial charge on any atom is 0.182 e. The van der Waals surface area contributed by atoms with Crippen LogP contribution < -0.4 is 4.74 Å². The molecule has 4 heteroatoms. The van der Waals surface area contributed by atoms with E-state index in [9.17, 15) is 8.78 Å². The second-order valence-corrected chi connectivity index (χ2v) is 7.41. The lowest BCUT2D eigenvalue weighted by atomic mass is 10.1. The van der Waals surface area contributed by atoms with Crippen LogP contribution in [0.2, 0.25) is 0 Å². The van der Waals surface area contributed by atoms with E-state index >= 15 is 0 Å². The molecule has 1 nitrogen and oxygen atoms in total. The Labute approximate surface area is 151 Å². The largest absolute Gasteiger partial charge is 0.490 e. The smallest absolute Gasteiger partial charge is 0.182 e. The Bertz CT molecular complexity index is 879. The monoisotopic (exact) mass is 362 g/mol. The van der Waals surface area contributed by atoms with E-state index in [1.165, 1.54) is 24.2 Å². The quantitative estimate of drug-likeness (QED) is 0.477. The maximum absolute atomic E-state index is 14.8. The Morgan fingerprint density at radius 2 is 1.56 bits per heavy atom. The number of hydrogen-bond acceptors (Lipinski definition) is 2. The molecule has 0 saturated heterocycles. The summed E-state index contributed by atoms with van der Waals surface area (Å²) < 4.78 is 35.8. The molecule has 0 bridgehead atoms. The van der Waals surface area contributed by atoms with Gasteiger partial charge in [0.25, 0.3) is 0 Å². The van der Waals surface area contributed by atoms with Crippen molar-refractivity contribution in [2.45, 2.75) is 46.5 Å². The van der Waals surface area contributed by atoms with Crippen LogP contribution in [-0.4, -0.2) is 6.61 Å². The summed E-state index contributed by atoms with van der Waals surface area (Å²) in [4.78, 5) is 0. The minimum Gasteiger partial charge on any atom is -0.490 e. The molecule has 0 radical (unpaired) electrons. The molecular formula is C21H24F2OS. The van der Waals surface area contributed by atoms with Crippen LogP contribution in [0.25, 0.3) is 20.2 Å². The zero-order valence-electron chi connectivity index (χ0n) is 15.0. The summed E-state index contributed by atoms with van der Waals surface area (Å²) in [7, 11) is 0. The molecule has 0 spiro atoms. The van der Waals surface area contributed by atoms with Crippen molar-refractivity contribution >= 4 is 31.5 Å². The van der Waals surface area contributed by atoms with Crippen molar-refractivity contribution in [3.63, 3.8) is 0 Å². The Morgan fingerprint density at radius 1 is 0.960 bits per heavy atom. The molecule has 1 heterocycles. The highest BCUT2D eigenvalue weighted by Gasteiger charge is 2.19. The molecule has 2 aromatic carbocycles. The lowest BCUT2D eigenvalue weighted by molar-refractivity contribution is 0.243. The van der Waals surface area contributed by atoms with E-state index in [4.69, 9.17) is 4.74 Å². The first kappa shape index (κ1) is 18.1. The fourth-order valence-corrected chi connectivity index (χ4v) is 4.64. The predicted molar refractivity (Wildman–Crippen MR) is 103 cm³/mol. The zero-order chi connectivity index (χ0) is 18.0. The van der Waals surface area contributed by atoms with Crippen molar-refractivity contribution in [3.05, 3.63) is 41.5 Å². The molecular weight excluding hydrogens is 338 g/mol. The Balaban J connectivity index is 0.000000880. The highest BCUT2D eigenvalue weighted by atomic mass is 32.1. The lowest BCUT2D eigenvalue weighted by Gasteiger charge is -2.12. The molecule has 25 heavy (non-hydrogen) atoms. The van der Waals surface area contributed by atoms with Gasteiger partial charge in [0.1, 0.15) is 5.82 Å². The molecule has 0 atom stereocenters. The van der Waals surface area contributed by atoms with Gasteiger partial charge < -0.3 is 4.74 Å². The lowest BCUT2D eigenvalue weighted by Crippen LogP contribution is -2.08. The summed E-state index contributed by atoms with van der Waals surface area (Å²) in [6.45, 7) is 6.30. The van der Waals surface area contributed by atoms with Crippen molar-refractivity contribution in [2.75, 3.05) is 6.61 Å². The van der Waals surface area contributed by atoms with Gasteiger partial charge in [-0.1, -0.05) is 38.8 Å². The van der Waals surface area contributed by atoms with Crippen molar-refractivity contribution in [1.82, 2.24) is 0 Å². The molecule has 4 rings (SSSR count). The number of benzene rings is 2. The van der Waals surface area contributed by atoms with Crippen LogP contribution in [0.15, 0.2) is 24.3 Å². The van der Waals surface area contributed by atoms with E-state index in [0.29, 0.717) is 27.5 Å². The first-order valence-corrected chi connectivity index (χ1v) is 9.89. The normalized spacial score (nSPS) is 14.8. The maximum atomic E-state index is 14.8. The van der Waals surface area contributed by atoms with E-state index in [2.05, 4.69) is 0 Å². The number of ether oxygens (including phenoxy) is 1. The number of fused-ring (bicyclic) bond motifs is 3. The van der Waals surface area contributed by atoms with Gasteiger partial charge >= 0.3 is 0 Å². The molecule has 0 amide bonds. The standard InChI is InChI=1S/C19H18F2OS.C2H6/c1-11-6-7-13-14-8-9-15(22-10-12-4-2-3-5-12)17(21)19(14)23-18(13)16(11)20;1-2/h6-9,12H,2-5,10H2,1H3;1-2H3. The van der Waals surface area contributed by atoms with Gasteiger partial charge in [0.05, 0.1) is 16.0 Å².